The van der Waals surface area contributed by atoms with Crippen LogP contribution >= 0.6 is 0 Å². The number of rotatable bonds is 0. The minimum absolute atomic E-state index is 0. The third-order valence-electron chi connectivity index (χ3n) is 0. The fourth-order valence-corrected chi connectivity index (χ4v) is 0. The molecule has 4 heavy (non-hydrogen) atoms. The van der Waals surface area contributed by atoms with Crippen LogP contribution in [0.5, 0.6) is 0 Å². The highest BCUT2D eigenvalue weighted by Crippen LogP contribution is 1.03. The Morgan fingerprint density at radius 2 is 1.25 bits per heavy atom. The minimum Gasteiger partial charge on any atom is -0.0120 e. The lowest BCUT2D eigenvalue weighted by molar-refractivity contribution is 4.34. The first-order valence-electron chi connectivity index (χ1n) is 1.41. The van der Waals surface area contributed by atoms with E-state index in [0.29, 0.717) is 8.55 Å². The van der Waals surface area contributed by atoms with Gasteiger partial charge in [0.25, 0.3) is 0 Å². The average molecular weight is 120 g/mol. The summed E-state index contributed by atoms with van der Waals surface area (Å²) in [5.74, 6) is 0. The minimum atomic E-state index is 0. The Labute approximate surface area is 39.6 Å². The standard InChI is InChI=1S/H8Si3.Si/c1-3-2;/h3H2,1-2H3;. The first kappa shape index (κ1) is 8.85. The Hall–Kier alpha value is 0.868. The molecule has 0 aliphatic carbocycles. The van der Waals surface area contributed by atoms with Gasteiger partial charge in [0, 0.05) is 11.0 Å². The Balaban J connectivity index is 0. The molecule has 0 saturated carbocycles. The first-order chi connectivity index (χ1) is 1.41. The molecule has 0 nitrogen and oxygen atoms in total. The summed E-state index contributed by atoms with van der Waals surface area (Å²) < 4.78 is 0. The van der Waals surface area contributed by atoms with Crippen LogP contribution in [0.1, 0.15) is 0 Å². The van der Waals surface area contributed by atoms with Crippen LogP contribution in [-0.4, -0.2) is 39.0 Å². The zero-order valence-electron chi connectivity index (χ0n) is 3.21. The molecule has 0 heterocycles. The van der Waals surface area contributed by atoms with Crippen molar-refractivity contribution in [2.75, 3.05) is 0 Å². The monoisotopic (exact) mass is 120 g/mol. The molecule has 4 radical (unpaired) electrons. The van der Waals surface area contributed by atoms with E-state index in [9.17, 15) is 0 Å². The topological polar surface area (TPSA) is 0 Å². The van der Waals surface area contributed by atoms with Crippen molar-refractivity contribution in [3.63, 3.8) is 0 Å². The SMILES string of the molecule is [SiH3][SiH2][SiH3].[Si]. The molecule has 24 valence electrons. The van der Waals surface area contributed by atoms with E-state index in [1.165, 1.54) is 0 Å². The maximum absolute atomic E-state index is 1.57. The predicted molar refractivity (Wildman–Crippen MR) is 34.2 cm³/mol. The smallest absolute Gasteiger partial charge is 0 e. The molecule has 0 aliphatic heterocycles. The van der Waals surface area contributed by atoms with E-state index in [-0.39, 0.29) is 11.0 Å². The lowest BCUT2D eigenvalue weighted by atomic mass is 26.7. The van der Waals surface area contributed by atoms with Crippen LogP contribution in [0, 0.1) is 0 Å². The molecular formula is H8Si4. The second-order valence-corrected chi connectivity index (χ2v) is 19.1. The summed E-state index contributed by atoms with van der Waals surface area (Å²) in [6, 6.07) is 0. The van der Waals surface area contributed by atoms with Crippen molar-refractivity contribution in [3.05, 3.63) is 0 Å². The third-order valence-corrected chi connectivity index (χ3v) is 0. The van der Waals surface area contributed by atoms with Gasteiger partial charge in [0.2, 0.25) is 0 Å². The van der Waals surface area contributed by atoms with Crippen molar-refractivity contribution in [2.45, 2.75) is 0 Å². The van der Waals surface area contributed by atoms with Gasteiger partial charge in [0.15, 0.2) is 0 Å². The van der Waals surface area contributed by atoms with Crippen molar-refractivity contribution in [1.82, 2.24) is 0 Å². The Morgan fingerprint density at radius 3 is 1.25 bits per heavy atom. The van der Waals surface area contributed by atoms with Crippen molar-refractivity contribution >= 4 is 39.0 Å². The Kier molecular flexibility index (Phi) is 20.2. The molecule has 0 saturated heterocycles. The van der Waals surface area contributed by atoms with Crippen molar-refractivity contribution in [3.8, 4) is 0 Å². The van der Waals surface area contributed by atoms with Gasteiger partial charge < -0.3 is 0 Å². The van der Waals surface area contributed by atoms with Crippen LogP contribution in [0.2, 0.25) is 0 Å². The molecule has 0 N–H and O–H groups in total. The van der Waals surface area contributed by atoms with Gasteiger partial charge in [-0.05, 0) is 28.1 Å². The molecule has 4 heteroatoms. The molecule has 0 amide bonds. The molecule has 0 aromatic carbocycles. The lowest BCUT2D eigenvalue weighted by Crippen LogP contribution is -1.79. The number of hydrogen-bond donors (Lipinski definition) is 0. The Morgan fingerprint density at radius 1 is 1.25 bits per heavy atom. The zero-order valence-corrected chi connectivity index (χ0v) is 9.62. The highest BCUT2D eigenvalue weighted by atomic mass is 29.5. The van der Waals surface area contributed by atoms with Crippen molar-refractivity contribution in [2.24, 2.45) is 0 Å². The van der Waals surface area contributed by atoms with Gasteiger partial charge in [-0.2, -0.15) is 0 Å². The summed E-state index contributed by atoms with van der Waals surface area (Å²) in [7, 11) is 3.83. The van der Waals surface area contributed by atoms with Gasteiger partial charge in [-0.25, -0.2) is 0 Å². The molecule has 0 aromatic heterocycles. The van der Waals surface area contributed by atoms with Crippen LogP contribution in [0.4, 0.5) is 0 Å². The van der Waals surface area contributed by atoms with Gasteiger partial charge in [-0.15, -0.1) is 0 Å². The van der Waals surface area contributed by atoms with Crippen LogP contribution < -0.4 is 0 Å². The molecule has 0 unspecified atom stereocenters. The van der Waals surface area contributed by atoms with Crippen molar-refractivity contribution in [1.29, 1.82) is 0 Å². The normalized spacial score (nSPS) is 9.00. The highest BCUT2D eigenvalue weighted by Gasteiger charge is 1.40. The van der Waals surface area contributed by atoms with Crippen molar-refractivity contribution < 1.29 is 0 Å². The van der Waals surface area contributed by atoms with Gasteiger partial charge >= 0.3 is 0 Å². The maximum Gasteiger partial charge on any atom is 0 e. The van der Waals surface area contributed by atoms with Crippen LogP contribution in [0.3, 0.4) is 0 Å². The largest absolute Gasteiger partial charge is 0.0120 e. The van der Waals surface area contributed by atoms with E-state index in [0.717, 1.165) is 0 Å². The lowest BCUT2D eigenvalue weighted by Gasteiger charge is -1.42. The number of hydrogen-bond acceptors (Lipinski definition) is 0. The van der Waals surface area contributed by atoms with E-state index in [1.807, 2.05) is 0 Å². The molecular weight excluding hydrogens is 112 g/mol. The zero-order chi connectivity index (χ0) is 2.71. The fourth-order valence-electron chi connectivity index (χ4n) is 0. The summed E-state index contributed by atoms with van der Waals surface area (Å²) in [5.41, 5.74) is 0. The van der Waals surface area contributed by atoms with Crippen LogP contribution in [0.25, 0.3) is 0 Å². The summed E-state index contributed by atoms with van der Waals surface area (Å²) >= 11 is 0. The summed E-state index contributed by atoms with van der Waals surface area (Å²) in [6.45, 7) is 0. The van der Waals surface area contributed by atoms with Crippen LogP contribution in [-0.2, 0) is 0 Å². The second kappa shape index (κ2) is 9.12. The van der Waals surface area contributed by atoms with E-state index < -0.39 is 0 Å². The first-order valence-corrected chi connectivity index (χ1v) is 12.7. The molecule has 0 fully saturated rings. The van der Waals surface area contributed by atoms with Gasteiger partial charge in [-0.1, -0.05) is 0 Å². The molecule has 0 atom stereocenters. The van der Waals surface area contributed by atoms with E-state index in [4.69, 9.17) is 0 Å². The molecule has 0 aliphatic rings. The molecule has 0 aromatic rings. The van der Waals surface area contributed by atoms with Gasteiger partial charge in [0.05, 0.1) is 0 Å². The molecule has 0 spiro atoms. The Bertz CT molecular complexity index is 0. The van der Waals surface area contributed by atoms with Gasteiger partial charge in [-0.3, -0.25) is 0 Å². The molecule has 0 bridgehead atoms. The summed E-state index contributed by atoms with van der Waals surface area (Å²) in [5, 5.41) is 0. The second-order valence-electron chi connectivity index (χ2n) is 0.707. The van der Waals surface area contributed by atoms with E-state index in [2.05, 4.69) is 0 Å². The quantitative estimate of drug-likeness (QED) is 0.289. The van der Waals surface area contributed by atoms with Crippen LogP contribution in [0.15, 0.2) is 0 Å². The summed E-state index contributed by atoms with van der Waals surface area (Å²) in [6.07, 6.45) is 0. The maximum atomic E-state index is 1.57. The van der Waals surface area contributed by atoms with E-state index in [1.54, 1.807) is 19.5 Å². The third kappa shape index (κ3) is 13.3. The fraction of sp³-hybridized carbons (Fsp3) is 0. The van der Waals surface area contributed by atoms with E-state index >= 15 is 0 Å². The average Bonchev–Trinajstić information content (AvgIpc) is 0.918. The van der Waals surface area contributed by atoms with Gasteiger partial charge in [0.1, 0.15) is 0 Å². The highest BCUT2D eigenvalue weighted by molar-refractivity contribution is 7.17. The predicted octanol–water partition coefficient (Wildman–Crippen LogP) is -3.66. The summed E-state index contributed by atoms with van der Waals surface area (Å²) in [4.78, 5) is 0. The molecule has 0 rings (SSSR count).